The second-order valence-electron chi connectivity index (χ2n) is 14.4. The number of hydrogen-bond acceptors (Lipinski definition) is 12. The first-order chi connectivity index (χ1) is 28.1. The zero-order valence-corrected chi connectivity index (χ0v) is 33.1. The summed E-state index contributed by atoms with van der Waals surface area (Å²) in [7, 11) is 0. The highest BCUT2D eigenvalue weighted by Gasteiger charge is 2.46. The van der Waals surface area contributed by atoms with E-state index in [-0.39, 0.29) is 43.5 Å². The van der Waals surface area contributed by atoms with E-state index in [4.69, 9.17) is 18.9 Å². The fraction of sp³-hybridized carbons (Fsp3) is 0.439. The van der Waals surface area contributed by atoms with E-state index in [9.17, 15) is 18.4 Å². The Morgan fingerprint density at radius 2 is 1.57 bits per heavy atom. The molecule has 2 aromatic heterocycles. The monoisotopic (exact) mass is 801 g/mol. The number of nitrogens with zero attached hydrogens (tertiary/aromatic N) is 9. The van der Waals surface area contributed by atoms with E-state index in [2.05, 4.69) is 25.0 Å². The molecule has 0 N–H and O–H groups in total. The fourth-order valence-corrected chi connectivity index (χ4v) is 7.22. The lowest BCUT2D eigenvalue weighted by atomic mass is 10.0. The molecule has 7 rings (SSSR count). The van der Waals surface area contributed by atoms with Crippen LogP contribution in [0.15, 0.2) is 90.5 Å². The normalized spacial score (nSPS) is 19.4. The van der Waals surface area contributed by atoms with E-state index in [1.807, 2.05) is 74.2 Å². The number of benzene rings is 3. The zero-order valence-electron chi connectivity index (χ0n) is 33.1. The number of likely N-dealkylation sites (N-methyl/N-ethyl adjacent to an activating group) is 1. The summed E-state index contributed by atoms with van der Waals surface area (Å²) in [5, 5.41) is 8.44. The first-order valence-electron chi connectivity index (χ1n) is 19.6. The Labute approximate surface area is 335 Å². The maximum Gasteiger partial charge on any atom is 0.350 e. The Hall–Kier alpha value is -5.65. The number of esters is 1. The van der Waals surface area contributed by atoms with E-state index in [0.717, 1.165) is 56.7 Å². The number of carbonyl (C=O) groups is 1. The number of hydrogen-bond donors (Lipinski definition) is 0. The van der Waals surface area contributed by atoms with Crippen LogP contribution in [0.1, 0.15) is 39.3 Å². The lowest BCUT2D eigenvalue weighted by Crippen LogP contribution is -2.46. The molecule has 2 aliphatic rings. The summed E-state index contributed by atoms with van der Waals surface area (Å²) in [6, 6.07) is 18.5. The number of ether oxygens (including phenoxy) is 4. The maximum atomic E-state index is 14.9. The highest BCUT2D eigenvalue weighted by Crippen LogP contribution is 2.38. The number of piperazine rings is 1. The topological polar surface area (TPSA) is 134 Å². The molecule has 0 radical (unpaired) electrons. The van der Waals surface area contributed by atoms with Crippen molar-refractivity contribution in [2.45, 2.75) is 58.3 Å². The predicted octanol–water partition coefficient (Wildman–Crippen LogP) is 4.41. The molecular weight excluding hydrogens is 753 g/mol. The van der Waals surface area contributed by atoms with Gasteiger partial charge in [0.05, 0.1) is 24.9 Å². The van der Waals surface area contributed by atoms with Crippen LogP contribution in [0.25, 0.3) is 5.69 Å². The van der Waals surface area contributed by atoms with Crippen molar-refractivity contribution >= 4 is 17.3 Å². The number of rotatable bonds is 16. The lowest BCUT2D eigenvalue weighted by Gasteiger charge is -2.37. The van der Waals surface area contributed by atoms with Gasteiger partial charge in [-0.05, 0) is 87.6 Å². The van der Waals surface area contributed by atoms with Crippen LogP contribution in [0.2, 0.25) is 0 Å². The van der Waals surface area contributed by atoms with Crippen molar-refractivity contribution in [2.24, 2.45) is 0 Å². The van der Waals surface area contributed by atoms with Gasteiger partial charge in [-0.25, -0.2) is 32.5 Å². The SMILES string of the molecule is CCN(CC)CC(=O)OC(C)C(C)n1ncn(-c2ccc(N3CCN(c4ccc(OCC5COC(Cn6cncn6)(c6ccc(F)cc6F)O5)cc4)CC3)cc2)c1=O. The molecule has 4 heterocycles. The summed E-state index contributed by atoms with van der Waals surface area (Å²) < 4.78 is 56.9. The van der Waals surface area contributed by atoms with Gasteiger partial charge in [0.15, 0.2) is 0 Å². The molecule has 2 saturated heterocycles. The third-order valence-corrected chi connectivity index (χ3v) is 10.8. The summed E-state index contributed by atoms with van der Waals surface area (Å²) in [6.07, 6.45) is 3.27. The number of carbonyl (C=O) groups excluding carboxylic acids is 1. The van der Waals surface area contributed by atoms with Crippen molar-refractivity contribution in [1.29, 1.82) is 0 Å². The summed E-state index contributed by atoms with van der Waals surface area (Å²) >= 11 is 0. The van der Waals surface area contributed by atoms with Crippen molar-refractivity contribution < 1.29 is 32.5 Å². The fourth-order valence-electron chi connectivity index (χ4n) is 7.22. The van der Waals surface area contributed by atoms with Crippen molar-refractivity contribution in [3.8, 4) is 11.4 Å². The Bertz CT molecular complexity index is 2170. The molecule has 5 aromatic rings. The molecule has 4 atom stereocenters. The molecule has 2 aliphatic heterocycles. The minimum atomic E-state index is -1.53. The van der Waals surface area contributed by atoms with Gasteiger partial charge in [-0.2, -0.15) is 10.2 Å². The molecule has 17 heteroatoms. The minimum absolute atomic E-state index is 0.0199. The molecule has 308 valence electrons. The molecular formula is C41H49F2N9O6. The second-order valence-corrected chi connectivity index (χ2v) is 14.4. The molecule has 0 saturated carbocycles. The average Bonchev–Trinajstić information content (AvgIpc) is 4.00. The van der Waals surface area contributed by atoms with E-state index in [0.29, 0.717) is 11.4 Å². The second kappa shape index (κ2) is 17.9. The van der Waals surface area contributed by atoms with Gasteiger partial charge in [0.1, 0.15) is 61.7 Å². The van der Waals surface area contributed by atoms with Crippen LogP contribution in [0, 0.1) is 11.6 Å². The van der Waals surface area contributed by atoms with Gasteiger partial charge < -0.3 is 28.7 Å². The van der Waals surface area contributed by atoms with Gasteiger partial charge in [0, 0.05) is 49.2 Å². The number of anilines is 2. The smallest absolute Gasteiger partial charge is 0.350 e. The Morgan fingerprint density at radius 3 is 2.19 bits per heavy atom. The summed E-state index contributed by atoms with van der Waals surface area (Å²) in [6.45, 7) is 12.8. The molecule has 3 aromatic carbocycles. The van der Waals surface area contributed by atoms with Crippen LogP contribution in [-0.2, 0) is 31.3 Å². The van der Waals surface area contributed by atoms with Crippen LogP contribution in [-0.4, -0.2) is 111 Å². The van der Waals surface area contributed by atoms with E-state index >= 15 is 0 Å². The summed E-state index contributed by atoms with van der Waals surface area (Å²) in [5.41, 5.74) is 2.58. The van der Waals surface area contributed by atoms with Gasteiger partial charge in [0.2, 0.25) is 5.79 Å². The first kappa shape index (κ1) is 40.5. The van der Waals surface area contributed by atoms with Gasteiger partial charge in [-0.1, -0.05) is 13.8 Å². The van der Waals surface area contributed by atoms with Crippen molar-refractivity contribution in [1.82, 2.24) is 34.0 Å². The van der Waals surface area contributed by atoms with Gasteiger partial charge in [0.25, 0.3) is 0 Å². The Morgan fingerprint density at radius 1 is 0.914 bits per heavy atom. The average molecular weight is 802 g/mol. The zero-order chi connectivity index (χ0) is 40.8. The van der Waals surface area contributed by atoms with Crippen LogP contribution in [0.5, 0.6) is 5.75 Å². The third-order valence-electron chi connectivity index (χ3n) is 10.8. The number of halogens is 2. The van der Waals surface area contributed by atoms with E-state index in [1.165, 1.54) is 45.0 Å². The molecule has 58 heavy (non-hydrogen) atoms. The largest absolute Gasteiger partial charge is 0.491 e. The minimum Gasteiger partial charge on any atom is -0.491 e. The predicted molar refractivity (Wildman–Crippen MR) is 211 cm³/mol. The highest BCUT2D eigenvalue weighted by atomic mass is 19.1. The number of aromatic nitrogens is 6. The molecule has 0 spiro atoms. The van der Waals surface area contributed by atoms with Gasteiger partial charge in [-0.3, -0.25) is 9.69 Å². The molecule has 2 fully saturated rings. The summed E-state index contributed by atoms with van der Waals surface area (Å²) in [5.74, 6) is -2.68. The molecule has 0 amide bonds. The van der Waals surface area contributed by atoms with Crippen LogP contribution >= 0.6 is 0 Å². The Kier molecular flexibility index (Phi) is 12.5. The Balaban J connectivity index is 0.895. The maximum absolute atomic E-state index is 14.9. The van der Waals surface area contributed by atoms with Gasteiger partial charge >= 0.3 is 11.7 Å². The first-order valence-corrected chi connectivity index (χ1v) is 19.6. The van der Waals surface area contributed by atoms with E-state index < -0.39 is 35.7 Å². The summed E-state index contributed by atoms with van der Waals surface area (Å²) in [4.78, 5) is 36.3. The van der Waals surface area contributed by atoms with E-state index in [1.54, 1.807) is 6.92 Å². The van der Waals surface area contributed by atoms with Crippen LogP contribution in [0.4, 0.5) is 20.2 Å². The van der Waals surface area contributed by atoms with Crippen LogP contribution in [0.3, 0.4) is 0 Å². The molecule has 0 bridgehead atoms. The highest BCUT2D eigenvalue weighted by molar-refractivity contribution is 5.71. The molecule has 4 unspecified atom stereocenters. The third kappa shape index (κ3) is 9.06. The van der Waals surface area contributed by atoms with Crippen molar-refractivity contribution in [3.63, 3.8) is 0 Å². The van der Waals surface area contributed by atoms with Gasteiger partial charge in [-0.15, -0.1) is 0 Å². The standard InChI is InChI=1S/C41H49F2N9O6/c1-5-47(6-2)22-39(53)57-30(4)29(3)52-40(54)51(28-46-52)34-10-8-32(9-11-34)48-17-19-49(20-18-48)33-12-14-35(15-13-33)55-23-36-24-56-41(58-36,25-50-27-44-26-45-50)37-16-7-31(42)21-38(37)43/h7-16,21,26-30,36H,5-6,17-20,22-25H2,1-4H3. The van der Waals surface area contributed by atoms with Crippen LogP contribution < -0.4 is 20.2 Å². The van der Waals surface area contributed by atoms with Crippen molar-refractivity contribution in [2.75, 3.05) is 68.8 Å². The quantitative estimate of drug-likeness (QED) is 0.131. The molecule has 15 nitrogen and oxygen atoms in total. The van der Waals surface area contributed by atoms with Crippen molar-refractivity contribution in [3.05, 3.63) is 113 Å². The lowest BCUT2D eigenvalue weighted by molar-refractivity contribution is -0.192. The molecule has 0 aliphatic carbocycles.